The first kappa shape index (κ1) is 5.45. The summed E-state index contributed by atoms with van der Waals surface area (Å²) in [6, 6.07) is 0. The molecule has 1 saturated heterocycles. The van der Waals surface area contributed by atoms with Gasteiger partial charge in [0.25, 0.3) is 0 Å². The lowest BCUT2D eigenvalue weighted by Gasteiger charge is -2.10. The number of rotatable bonds is 1. The van der Waals surface area contributed by atoms with Crippen molar-refractivity contribution in [1.82, 2.24) is 0 Å². The molecule has 0 unspecified atom stereocenters. The Morgan fingerprint density at radius 2 is 2.44 bits per heavy atom. The number of hydrogen-bond donors (Lipinski definition) is 1. The highest BCUT2D eigenvalue weighted by atomic mass is 16.5. The molecule has 9 heavy (non-hydrogen) atoms. The van der Waals surface area contributed by atoms with Crippen LogP contribution in [0.4, 0.5) is 0 Å². The van der Waals surface area contributed by atoms with Gasteiger partial charge in [-0.1, -0.05) is 12.2 Å². The molecular formula is C7H11NO. The zero-order valence-electron chi connectivity index (χ0n) is 5.29. The lowest BCUT2D eigenvalue weighted by molar-refractivity contribution is 0.110. The van der Waals surface area contributed by atoms with Crippen LogP contribution in [0.3, 0.4) is 0 Å². The lowest BCUT2D eigenvalue weighted by atomic mass is 9.95. The van der Waals surface area contributed by atoms with Crippen LogP contribution in [0.1, 0.15) is 6.42 Å². The predicted octanol–water partition coefficient (Wildman–Crippen LogP) is 0.289. The van der Waals surface area contributed by atoms with Crippen molar-refractivity contribution < 1.29 is 4.74 Å². The molecule has 0 amide bonds. The Bertz CT molecular complexity index is 144. The van der Waals surface area contributed by atoms with Gasteiger partial charge in [0.2, 0.25) is 0 Å². The van der Waals surface area contributed by atoms with Gasteiger partial charge in [-0.3, -0.25) is 0 Å². The third-order valence-electron chi connectivity index (χ3n) is 2.15. The topological polar surface area (TPSA) is 35.2 Å². The molecule has 2 heteroatoms. The van der Waals surface area contributed by atoms with Crippen molar-refractivity contribution in [3.63, 3.8) is 0 Å². The third kappa shape index (κ3) is 0.705. The van der Waals surface area contributed by atoms with Crippen LogP contribution in [0.2, 0.25) is 0 Å². The molecule has 3 atom stereocenters. The number of nitrogens with two attached hydrogens (primary N) is 1. The summed E-state index contributed by atoms with van der Waals surface area (Å²) in [7, 11) is 0. The number of hydrogen-bond acceptors (Lipinski definition) is 2. The van der Waals surface area contributed by atoms with Gasteiger partial charge >= 0.3 is 0 Å². The van der Waals surface area contributed by atoms with Crippen molar-refractivity contribution in [3.05, 3.63) is 12.2 Å². The van der Waals surface area contributed by atoms with E-state index in [1.807, 2.05) is 0 Å². The molecule has 2 bridgehead atoms. The first-order chi connectivity index (χ1) is 4.40. The highest BCUT2D eigenvalue weighted by molar-refractivity contribution is 5.10. The first-order valence-corrected chi connectivity index (χ1v) is 3.44. The minimum Gasteiger partial charge on any atom is -0.367 e. The van der Waals surface area contributed by atoms with Crippen molar-refractivity contribution in [2.75, 3.05) is 6.54 Å². The van der Waals surface area contributed by atoms with Crippen molar-refractivity contribution in [2.45, 2.75) is 18.6 Å². The quantitative estimate of drug-likeness (QED) is 0.511. The zero-order valence-corrected chi connectivity index (χ0v) is 5.29. The smallest absolute Gasteiger partial charge is 0.0806 e. The molecule has 2 rings (SSSR count). The van der Waals surface area contributed by atoms with Crippen LogP contribution in [-0.2, 0) is 4.74 Å². The molecule has 0 saturated carbocycles. The monoisotopic (exact) mass is 125 g/mol. The molecule has 0 spiro atoms. The van der Waals surface area contributed by atoms with E-state index in [0.717, 1.165) is 13.0 Å². The predicted molar refractivity (Wildman–Crippen MR) is 35.0 cm³/mol. The lowest BCUT2D eigenvalue weighted by Crippen LogP contribution is -2.22. The van der Waals surface area contributed by atoms with E-state index in [1.54, 1.807) is 0 Å². The Kier molecular flexibility index (Phi) is 1.10. The van der Waals surface area contributed by atoms with Gasteiger partial charge in [-0.2, -0.15) is 0 Å². The van der Waals surface area contributed by atoms with Crippen molar-refractivity contribution in [2.24, 2.45) is 11.7 Å². The summed E-state index contributed by atoms with van der Waals surface area (Å²) in [5.41, 5.74) is 5.51. The molecule has 0 aromatic carbocycles. The van der Waals surface area contributed by atoms with Crippen molar-refractivity contribution in [1.29, 1.82) is 0 Å². The third-order valence-corrected chi connectivity index (χ3v) is 2.15. The molecule has 0 aromatic heterocycles. The Labute approximate surface area is 54.7 Å². The van der Waals surface area contributed by atoms with Gasteiger partial charge in [0, 0.05) is 5.92 Å². The Balaban J connectivity index is 2.10. The van der Waals surface area contributed by atoms with E-state index < -0.39 is 0 Å². The Morgan fingerprint density at radius 1 is 1.56 bits per heavy atom. The fraction of sp³-hybridized carbons (Fsp3) is 0.714. The average Bonchev–Trinajstić information content (AvgIpc) is 2.45. The summed E-state index contributed by atoms with van der Waals surface area (Å²) in [6.45, 7) is 0.769. The second-order valence-electron chi connectivity index (χ2n) is 2.76. The van der Waals surface area contributed by atoms with Crippen LogP contribution in [0.5, 0.6) is 0 Å². The van der Waals surface area contributed by atoms with E-state index in [-0.39, 0.29) is 0 Å². The van der Waals surface area contributed by atoms with Gasteiger partial charge in [0.15, 0.2) is 0 Å². The summed E-state index contributed by atoms with van der Waals surface area (Å²) >= 11 is 0. The number of fused-ring (bicyclic) bond motifs is 2. The number of ether oxygens (including phenoxy) is 1. The van der Waals surface area contributed by atoms with Crippen LogP contribution in [-0.4, -0.2) is 18.8 Å². The Hall–Kier alpha value is -0.340. The molecule has 2 N–H and O–H groups in total. The van der Waals surface area contributed by atoms with Gasteiger partial charge in [-0.15, -0.1) is 0 Å². The van der Waals surface area contributed by atoms with E-state index >= 15 is 0 Å². The van der Waals surface area contributed by atoms with E-state index in [9.17, 15) is 0 Å². The average molecular weight is 125 g/mol. The summed E-state index contributed by atoms with van der Waals surface area (Å²) in [5.74, 6) is 0.597. The maximum Gasteiger partial charge on any atom is 0.0806 e. The normalized spacial score (nSPS) is 46.6. The molecule has 2 aliphatic rings. The van der Waals surface area contributed by atoms with Crippen LogP contribution >= 0.6 is 0 Å². The van der Waals surface area contributed by atoms with Crippen LogP contribution in [0.25, 0.3) is 0 Å². The van der Waals surface area contributed by atoms with Crippen molar-refractivity contribution >= 4 is 0 Å². The highest BCUT2D eigenvalue weighted by Gasteiger charge is 2.35. The zero-order chi connectivity index (χ0) is 6.27. The maximum atomic E-state index is 5.51. The molecule has 2 nitrogen and oxygen atoms in total. The van der Waals surface area contributed by atoms with Gasteiger partial charge in [0.05, 0.1) is 12.2 Å². The summed E-state index contributed by atoms with van der Waals surface area (Å²) in [4.78, 5) is 0. The van der Waals surface area contributed by atoms with Gasteiger partial charge in [0.1, 0.15) is 0 Å². The summed E-state index contributed by atoms with van der Waals surface area (Å²) < 4.78 is 5.48. The molecule has 2 heterocycles. The largest absolute Gasteiger partial charge is 0.367 e. The van der Waals surface area contributed by atoms with Crippen LogP contribution < -0.4 is 5.73 Å². The fourth-order valence-electron chi connectivity index (χ4n) is 1.59. The molecular weight excluding hydrogens is 114 g/mol. The van der Waals surface area contributed by atoms with Crippen molar-refractivity contribution in [3.8, 4) is 0 Å². The molecule has 0 radical (unpaired) electrons. The molecule has 50 valence electrons. The van der Waals surface area contributed by atoms with Gasteiger partial charge < -0.3 is 10.5 Å². The minimum absolute atomic E-state index is 0.347. The fourth-order valence-corrected chi connectivity index (χ4v) is 1.59. The standard InChI is InChI=1S/C7H11NO/c8-4-5-3-6-1-2-7(5)9-6/h1-2,5-7H,3-4,8H2/t5-,6+,7-/m0/s1. The highest BCUT2D eigenvalue weighted by Crippen LogP contribution is 2.32. The van der Waals surface area contributed by atoms with E-state index in [4.69, 9.17) is 10.5 Å². The van der Waals surface area contributed by atoms with Gasteiger partial charge in [-0.05, 0) is 13.0 Å². The first-order valence-electron chi connectivity index (χ1n) is 3.44. The second kappa shape index (κ2) is 1.82. The van der Waals surface area contributed by atoms with E-state index in [1.165, 1.54) is 0 Å². The Morgan fingerprint density at radius 3 is 2.78 bits per heavy atom. The van der Waals surface area contributed by atoms with E-state index in [0.29, 0.717) is 18.1 Å². The maximum absolute atomic E-state index is 5.51. The molecule has 0 aliphatic carbocycles. The molecule has 0 aromatic rings. The molecule has 1 fully saturated rings. The SMILES string of the molecule is NC[C@@H]1C[C@H]2C=C[C@@H]1O2. The minimum atomic E-state index is 0.347. The van der Waals surface area contributed by atoms with E-state index in [2.05, 4.69) is 12.2 Å². The van der Waals surface area contributed by atoms with Crippen LogP contribution in [0, 0.1) is 5.92 Å². The summed E-state index contributed by atoms with van der Waals surface area (Å²) in [5, 5.41) is 0. The second-order valence-corrected chi connectivity index (χ2v) is 2.76. The summed E-state index contributed by atoms with van der Waals surface area (Å²) in [6.07, 6.45) is 6.14. The van der Waals surface area contributed by atoms with Crippen LogP contribution in [0.15, 0.2) is 12.2 Å². The van der Waals surface area contributed by atoms with Gasteiger partial charge in [-0.25, -0.2) is 0 Å². The molecule has 2 aliphatic heterocycles.